The lowest BCUT2D eigenvalue weighted by atomic mass is 10.3. The molecule has 0 spiro atoms. The summed E-state index contributed by atoms with van der Waals surface area (Å²) < 4.78 is 3.06. The highest BCUT2D eigenvalue weighted by Gasteiger charge is 2.09. The van der Waals surface area contributed by atoms with E-state index < -0.39 is 5.97 Å². The van der Waals surface area contributed by atoms with Gasteiger partial charge in [-0.15, -0.1) is 0 Å². The van der Waals surface area contributed by atoms with Crippen molar-refractivity contribution in [3.05, 3.63) is 35.9 Å². The maximum atomic E-state index is 11.7. The standard InChI is InChI=1S/C12H15N5O3/c1-2-16-6-9(4-14-16)3-13-11(18)8-17-7-10(5-15-17)12(19)20/h4-7H,2-3,8H2,1H3,(H,13,18)(H,19,20). The molecule has 2 N–H and O–H groups in total. The lowest BCUT2D eigenvalue weighted by Crippen LogP contribution is -2.27. The topological polar surface area (TPSA) is 102 Å². The number of hydrogen-bond acceptors (Lipinski definition) is 4. The molecule has 0 radical (unpaired) electrons. The highest BCUT2D eigenvalue weighted by Crippen LogP contribution is 1.99. The molecule has 0 aliphatic carbocycles. The van der Waals surface area contributed by atoms with E-state index in [1.165, 1.54) is 17.1 Å². The monoisotopic (exact) mass is 277 g/mol. The van der Waals surface area contributed by atoms with Crippen molar-refractivity contribution >= 4 is 11.9 Å². The van der Waals surface area contributed by atoms with E-state index in [4.69, 9.17) is 5.11 Å². The number of amides is 1. The molecule has 0 unspecified atom stereocenters. The van der Waals surface area contributed by atoms with Crippen molar-refractivity contribution in [3.8, 4) is 0 Å². The van der Waals surface area contributed by atoms with Gasteiger partial charge in [-0.25, -0.2) is 4.79 Å². The minimum Gasteiger partial charge on any atom is -0.478 e. The van der Waals surface area contributed by atoms with Gasteiger partial charge in [-0.1, -0.05) is 0 Å². The van der Waals surface area contributed by atoms with Crippen LogP contribution >= 0.6 is 0 Å². The van der Waals surface area contributed by atoms with Crippen LogP contribution in [0.3, 0.4) is 0 Å². The number of rotatable bonds is 6. The summed E-state index contributed by atoms with van der Waals surface area (Å²) in [5, 5.41) is 19.4. The Kier molecular flexibility index (Phi) is 4.14. The molecule has 0 atom stereocenters. The van der Waals surface area contributed by atoms with Crippen LogP contribution in [0.1, 0.15) is 22.8 Å². The van der Waals surface area contributed by atoms with Gasteiger partial charge in [-0.3, -0.25) is 14.2 Å². The number of hydrogen-bond donors (Lipinski definition) is 2. The summed E-state index contributed by atoms with van der Waals surface area (Å²) in [4.78, 5) is 22.4. The van der Waals surface area contributed by atoms with Crippen molar-refractivity contribution in [1.82, 2.24) is 24.9 Å². The average Bonchev–Trinajstić information content (AvgIpc) is 3.04. The fourth-order valence-electron chi connectivity index (χ4n) is 1.63. The highest BCUT2D eigenvalue weighted by molar-refractivity contribution is 5.87. The Morgan fingerprint density at radius 2 is 2.00 bits per heavy atom. The Bertz CT molecular complexity index is 616. The molecule has 1 amide bonds. The van der Waals surface area contributed by atoms with Crippen molar-refractivity contribution in [2.24, 2.45) is 0 Å². The molecular weight excluding hydrogens is 262 g/mol. The number of nitrogens with one attached hydrogen (secondary N) is 1. The van der Waals surface area contributed by atoms with Gasteiger partial charge in [0.1, 0.15) is 6.54 Å². The van der Waals surface area contributed by atoms with Gasteiger partial charge in [-0.2, -0.15) is 10.2 Å². The zero-order valence-corrected chi connectivity index (χ0v) is 11.0. The first-order valence-corrected chi connectivity index (χ1v) is 6.12. The van der Waals surface area contributed by atoms with E-state index in [9.17, 15) is 9.59 Å². The van der Waals surface area contributed by atoms with Crippen LogP contribution in [0.15, 0.2) is 24.8 Å². The summed E-state index contributed by atoms with van der Waals surface area (Å²) >= 11 is 0. The first-order chi connectivity index (χ1) is 9.58. The highest BCUT2D eigenvalue weighted by atomic mass is 16.4. The van der Waals surface area contributed by atoms with Crippen molar-refractivity contribution in [3.63, 3.8) is 0 Å². The molecule has 20 heavy (non-hydrogen) atoms. The van der Waals surface area contributed by atoms with Crippen LogP contribution in [0, 0.1) is 0 Å². The molecule has 0 bridgehead atoms. The Balaban J connectivity index is 1.84. The van der Waals surface area contributed by atoms with Gasteiger partial charge < -0.3 is 10.4 Å². The number of aromatic nitrogens is 4. The molecular formula is C12H15N5O3. The molecule has 2 heterocycles. The maximum absolute atomic E-state index is 11.7. The number of carbonyl (C=O) groups is 2. The predicted molar refractivity (Wildman–Crippen MR) is 68.9 cm³/mol. The van der Waals surface area contributed by atoms with Crippen LogP contribution in [0.5, 0.6) is 0 Å². The molecule has 8 heteroatoms. The molecule has 8 nitrogen and oxygen atoms in total. The van der Waals surface area contributed by atoms with Crippen LogP contribution in [-0.4, -0.2) is 36.5 Å². The van der Waals surface area contributed by atoms with E-state index in [0.717, 1.165) is 12.1 Å². The molecule has 2 aromatic rings. The smallest absolute Gasteiger partial charge is 0.338 e. The third-order valence-corrected chi connectivity index (χ3v) is 2.69. The second kappa shape index (κ2) is 6.00. The summed E-state index contributed by atoms with van der Waals surface area (Å²) in [6.45, 7) is 3.12. The van der Waals surface area contributed by atoms with Crippen LogP contribution in [-0.2, 0) is 24.4 Å². The first kappa shape index (κ1) is 13.8. The molecule has 2 aromatic heterocycles. The van der Waals surface area contributed by atoms with Crippen LogP contribution in [0.4, 0.5) is 0 Å². The second-order valence-corrected chi connectivity index (χ2v) is 4.21. The fraction of sp³-hybridized carbons (Fsp3) is 0.333. The van der Waals surface area contributed by atoms with Gasteiger partial charge in [0.15, 0.2) is 0 Å². The fourth-order valence-corrected chi connectivity index (χ4v) is 1.63. The average molecular weight is 277 g/mol. The third kappa shape index (κ3) is 3.44. The quantitative estimate of drug-likeness (QED) is 0.780. The number of aromatic carboxylic acids is 1. The summed E-state index contributed by atoms with van der Waals surface area (Å²) in [5.41, 5.74) is 0.967. The van der Waals surface area contributed by atoms with Gasteiger partial charge in [0.2, 0.25) is 5.91 Å². The maximum Gasteiger partial charge on any atom is 0.338 e. The van der Waals surface area contributed by atoms with Gasteiger partial charge in [-0.05, 0) is 6.92 Å². The van der Waals surface area contributed by atoms with E-state index >= 15 is 0 Å². The molecule has 106 valence electrons. The number of carboxylic acids is 1. The van der Waals surface area contributed by atoms with Gasteiger partial charge >= 0.3 is 5.97 Å². The number of aryl methyl sites for hydroxylation is 1. The minimum atomic E-state index is -1.07. The zero-order chi connectivity index (χ0) is 14.5. The number of carbonyl (C=O) groups excluding carboxylic acids is 1. The second-order valence-electron chi connectivity index (χ2n) is 4.21. The Hall–Kier alpha value is -2.64. The van der Waals surface area contributed by atoms with E-state index in [-0.39, 0.29) is 18.0 Å². The van der Waals surface area contributed by atoms with Crippen molar-refractivity contribution in [2.45, 2.75) is 26.6 Å². The van der Waals surface area contributed by atoms with Crippen molar-refractivity contribution < 1.29 is 14.7 Å². The largest absolute Gasteiger partial charge is 0.478 e. The molecule has 2 rings (SSSR count). The van der Waals surface area contributed by atoms with E-state index in [2.05, 4.69) is 15.5 Å². The number of nitrogens with zero attached hydrogens (tertiary/aromatic N) is 4. The Morgan fingerprint density at radius 1 is 1.25 bits per heavy atom. The predicted octanol–water partition coefficient (Wildman–Crippen LogP) is 0.114. The van der Waals surface area contributed by atoms with Crippen LogP contribution in [0.25, 0.3) is 0 Å². The molecule has 0 aliphatic rings. The molecule has 0 fully saturated rings. The molecule has 0 saturated carbocycles. The Labute approximate surface area is 115 Å². The van der Waals surface area contributed by atoms with Gasteiger partial charge in [0, 0.05) is 31.0 Å². The summed E-state index contributed by atoms with van der Waals surface area (Å²) in [6, 6.07) is 0. The van der Waals surface area contributed by atoms with Crippen molar-refractivity contribution in [1.29, 1.82) is 0 Å². The summed E-state index contributed by atoms with van der Waals surface area (Å²) in [7, 11) is 0. The summed E-state index contributed by atoms with van der Waals surface area (Å²) in [6.07, 6.45) is 6.08. The van der Waals surface area contributed by atoms with E-state index in [1.54, 1.807) is 10.9 Å². The zero-order valence-electron chi connectivity index (χ0n) is 11.0. The SMILES string of the molecule is CCn1cc(CNC(=O)Cn2cc(C(=O)O)cn2)cn1. The van der Waals surface area contributed by atoms with Gasteiger partial charge in [0.25, 0.3) is 0 Å². The normalized spacial score (nSPS) is 10.4. The van der Waals surface area contributed by atoms with E-state index in [1.807, 2.05) is 13.1 Å². The Morgan fingerprint density at radius 3 is 2.60 bits per heavy atom. The summed E-state index contributed by atoms with van der Waals surface area (Å²) in [5.74, 6) is -1.31. The molecule has 0 saturated heterocycles. The van der Waals surface area contributed by atoms with Gasteiger partial charge in [0.05, 0.1) is 18.0 Å². The molecule has 0 aliphatic heterocycles. The lowest BCUT2D eigenvalue weighted by molar-refractivity contribution is -0.122. The third-order valence-electron chi connectivity index (χ3n) is 2.69. The van der Waals surface area contributed by atoms with Crippen molar-refractivity contribution in [2.75, 3.05) is 0 Å². The van der Waals surface area contributed by atoms with Crippen LogP contribution in [0.2, 0.25) is 0 Å². The number of carboxylic acid groups (broad SMARTS) is 1. The molecule has 0 aromatic carbocycles. The first-order valence-electron chi connectivity index (χ1n) is 6.12. The minimum absolute atomic E-state index is 0.0187. The van der Waals surface area contributed by atoms with E-state index in [0.29, 0.717) is 6.54 Å². The lowest BCUT2D eigenvalue weighted by Gasteiger charge is -2.03. The van der Waals surface area contributed by atoms with Crippen LogP contribution < -0.4 is 5.32 Å².